The van der Waals surface area contributed by atoms with Crippen molar-refractivity contribution in [1.82, 2.24) is 4.90 Å². The number of halogens is 2. The topological polar surface area (TPSA) is 32.8 Å². The Morgan fingerprint density at radius 1 is 1.21 bits per heavy atom. The van der Waals surface area contributed by atoms with E-state index < -0.39 is 0 Å². The largest absolute Gasteiger partial charge is 0.492 e. The first-order valence-corrected chi connectivity index (χ1v) is 10.9. The highest BCUT2D eigenvalue weighted by atomic mass is 35.5. The van der Waals surface area contributed by atoms with Crippen LogP contribution in [-0.4, -0.2) is 43.6 Å². The molecule has 0 saturated carbocycles. The molecule has 1 fully saturated rings. The fourth-order valence-corrected chi connectivity index (χ4v) is 4.99. The molecule has 29 heavy (non-hydrogen) atoms. The summed E-state index contributed by atoms with van der Waals surface area (Å²) in [7, 11) is 2.16. The van der Waals surface area contributed by atoms with Gasteiger partial charge in [0.15, 0.2) is 0 Å². The second-order valence-electron chi connectivity index (χ2n) is 8.08. The molecule has 2 aliphatic heterocycles. The number of nitrogens with zero attached hydrogens (tertiary/aromatic N) is 2. The van der Waals surface area contributed by atoms with Crippen molar-refractivity contribution >= 4 is 34.8 Å². The average Bonchev–Trinajstić information content (AvgIpc) is 2.99. The van der Waals surface area contributed by atoms with Crippen LogP contribution in [0.4, 0.5) is 5.69 Å². The standard InChI is InChI=1S/C23H26Cl2N2O2/c1-15-5-7-20-17(12-15)18-14-26(2)10-9-21(18)27(20)23(28)4-3-11-29-22-8-6-16(24)13-19(22)25/h5-8,12-13,18,21H,3-4,9-11,14H2,1-2H3/t18-,21+/m0/s1. The quantitative estimate of drug-likeness (QED) is 0.601. The maximum Gasteiger partial charge on any atom is 0.227 e. The van der Waals surface area contributed by atoms with Gasteiger partial charge in [0, 0.05) is 35.6 Å². The monoisotopic (exact) mass is 432 g/mol. The number of rotatable bonds is 5. The normalized spacial score (nSPS) is 21.0. The van der Waals surface area contributed by atoms with Crippen molar-refractivity contribution in [3.8, 4) is 5.75 Å². The molecule has 0 unspecified atom stereocenters. The van der Waals surface area contributed by atoms with E-state index in [1.807, 2.05) is 0 Å². The second kappa shape index (κ2) is 8.55. The van der Waals surface area contributed by atoms with E-state index in [4.69, 9.17) is 27.9 Å². The molecule has 2 aromatic rings. The molecule has 0 spiro atoms. The molecule has 0 radical (unpaired) electrons. The molecule has 0 N–H and O–H groups in total. The van der Waals surface area contributed by atoms with Gasteiger partial charge in [0.05, 0.1) is 11.6 Å². The summed E-state index contributed by atoms with van der Waals surface area (Å²) in [5, 5.41) is 1.06. The van der Waals surface area contributed by atoms with Gasteiger partial charge < -0.3 is 14.5 Å². The van der Waals surface area contributed by atoms with Crippen LogP contribution >= 0.6 is 23.2 Å². The Morgan fingerprint density at radius 2 is 2.03 bits per heavy atom. The zero-order valence-corrected chi connectivity index (χ0v) is 18.3. The Balaban J connectivity index is 1.41. The zero-order valence-electron chi connectivity index (χ0n) is 16.8. The Labute approximate surface area is 182 Å². The van der Waals surface area contributed by atoms with Crippen LogP contribution in [0, 0.1) is 6.92 Å². The van der Waals surface area contributed by atoms with Crippen molar-refractivity contribution in [3.63, 3.8) is 0 Å². The number of piperidine rings is 1. The molecule has 6 heteroatoms. The van der Waals surface area contributed by atoms with Gasteiger partial charge in [-0.25, -0.2) is 0 Å². The molecule has 2 aliphatic rings. The number of carbonyl (C=O) groups is 1. The first kappa shape index (κ1) is 20.5. The van der Waals surface area contributed by atoms with Crippen LogP contribution in [0.1, 0.15) is 36.3 Å². The lowest BCUT2D eigenvalue weighted by molar-refractivity contribution is -0.119. The smallest absolute Gasteiger partial charge is 0.227 e. The number of amides is 1. The third kappa shape index (κ3) is 4.25. The van der Waals surface area contributed by atoms with Crippen LogP contribution in [-0.2, 0) is 4.79 Å². The van der Waals surface area contributed by atoms with E-state index in [1.54, 1.807) is 18.2 Å². The molecule has 1 saturated heterocycles. The highest BCUT2D eigenvalue weighted by molar-refractivity contribution is 6.35. The minimum atomic E-state index is 0.179. The Bertz CT molecular complexity index is 918. The number of anilines is 1. The number of aryl methyl sites for hydroxylation is 1. The Hall–Kier alpha value is -1.75. The summed E-state index contributed by atoms with van der Waals surface area (Å²) in [5.74, 6) is 1.18. The Kier molecular flexibility index (Phi) is 6.05. The van der Waals surface area contributed by atoms with Gasteiger partial charge in [-0.05, 0) is 63.2 Å². The number of carbonyl (C=O) groups excluding carboxylic acids is 1. The summed E-state index contributed by atoms with van der Waals surface area (Å²) in [6.07, 6.45) is 2.11. The molecule has 0 aromatic heterocycles. The van der Waals surface area contributed by atoms with Gasteiger partial charge in [-0.15, -0.1) is 0 Å². The molecule has 154 valence electrons. The number of hydrogen-bond acceptors (Lipinski definition) is 3. The molecule has 2 atom stereocenters. The van der Waals surface area contributed by atoms with Crippen LogP contribution in [0.3, 0.4) is 0 Å². The summed E-state index contributed by atoms with van der Waals surface area (Å²) in [4.78, 5) is 17.6. The maximum absolute atomic E-state index is 13.2. The van der Waals surface area contributed by atoms with Gasteiger partial charge in [-0.1, -0.05) is 40.9 Å². The van der Waals surface area contributed by atoms with Crippen LogP contribution in [0.2, 0.25) is 10.0 Å². The van der Waals surface area contributed by atoms with E-state index in [0.717, 1.165) is 25.2 Å². The van der Waals surface area contributed by atoms with Crippen LogP contribution in [0.15, 0.2) is 36.4 Å². The van der Waals surface area contributed by atoms with E-state index >= 15 is 0 Å². The van der Waals surface area contributed by atoms with E-state index in [0.29, 0.717) is 41.2 Å². The number of likely N-dealkylation sites (tertiary alicyclic amines) is 1. The van der Waals surface area contributed by atoms with Gasteiger partial charge in [0.1, 0.15) is 5.75 Å². The van der Waals surface area contributed by atoms with Crippen molar-refractivity contribution in [2.75, 3.05) is 31.6 Å². The maximum atomic E-state index is 13.2. The lowest BCUT2D eigenvalue weighted by atomic mass is 9.89. The van der Waals surface area contributed by atoms with Crippen molar-refractivity contribution in [3.05, 3.63) is 57.6 Å². The minimum Gasteiger partial charge on any atom is -0.492 e. The van der Waals surface area contributed by atoms with Crippen LogP contribution in [0.25, 0.3) is 0 Å². The van der Waals surface area contributed by atoms with Crippen LogP contribution < -0.4 is 9.64 Å². The number of likely N-dealkylation sites (N-methyl/N-ethyl adjacent to an activating group) is 1. The van der Waals surface area contributed by atoms with Crippen molar-refractivity contribution in [2.24, 2.45) is 0 Å². The molecular formula is C23H26Cl2N2O2. The molecule has 4 nitrogen and oxygen atoms in total. The fourth-order valence-electron chi connectivity index (χ4n) is 4.52. The summed E-state index contributed by atoms with van der Waals surface area (Å²) in [6, 6.07) is 11.9. The van der Waals surface area contributed by atoms with Crippen molar-refractivity contribution < 1.29 is 9.53 Å². The van der Waals surface area contributed by atoms with E-state index in [-0.39, 0.29) is 11.9 Å². The highest BCUT2D eigenvalue weighted by Gasteiger charge is 2.43. The van der Waals surface area contributed by atoms with Gasteiger partial charge in [-0.3, -0.25) is 4.79 Å². The van der Waals surface area contributed by atoms with Crippen LogP contribution in [0.5, 0.6) is 5.75 Å². The zero-order chi connectivity index (χ0) is 20.5. The summed E-state index contributed by atoms with van der Waals surface area (Å²) >= 11 is 12.1. The molecule has 4 rings (SSSR count). The molecule has 2 heterocycles. The molecule has 0 bridgehead atoms. The molecule has 1 amide bonds. The third-order valence-corrected chi connectivity index (χ3v) is 6.44. The average molecular weight is 433 g/mol. The Morgan fingerprint density at radius 3 is 2.83 bits per heavy atom. The van der Waals surface area contributed by atoms with E-state index in [1.165, 1.54) is 11.1 Å². The molecular weight excluding hydrogens is 407 g/mol. The number of ether oxygens (including phenoxy) is 1. The minimum absolute atomic E-state index is 0.179. The van der Waals surface area contributed by atoms with Gasteiger partial charge in [-0.2, -0.15) is 0 Å². The predicted octanol–water partition coefficient (Wildman–Crippen LogP) is 5.30. The van der Waals surface area contributed by atoms with Gasteiger partial charge >= 0.3 is 0 Å². The lowest BCUT2D eigenvalue weighted by Crippen LogP contribution is -2.47. The first-order chi connectivity index (χ1) is 13.9. The SMILES string of the molecule is Cc1ccc2c(c1)[C@@H]1CN(C)CC[C@H]1N2C(=O)CCCOc1ccc(Cl)cc1Cl. The van der Waals surface area contributed by atoms with Crippen molar-refractivity contribution in [1.29, 1.82) is 0 Å². The fraction of sp³-hybridized carbons (Fsp3) is 0.435. The molecule has 2 aromatic carbocycles. The summed E-state index contributed by atoms with van der Waals surface area (Å²) < 4.78 is 5.74. The number of fused-ring (bicyclic) bond motifs is 3. The van der Waals surface area contributed by atoms with Crippen molar-refractivity contribution in [2.45, 2.75) is 38.1 Å². The first-order valence-electron chi connectivity index (χ1n) is 10.1. The molecule has 0 aliphatic carbocycles. The van der Waals surface area contributed by atoms with Gasteiger partial charge in [0.2, 0.25) is 5.91 Å². The second-order valence-corrected chi connectivity index (χ2v) is 8.92. The lowest BCUT2D eigenvalue weighted by Gasteiger charge is -2.36. The summed E-state index contributed by atoms with van der Waals surface area (Å²) in [5.41, 5.74) is 3.66. The third-order valence-electron chi connectivity index (χ3n) is 5.91. The number of benzene rings is 2. The number of hydrogen-bond donors (Lipinski definition) is 0. The van der Waals surface area contributed by atoms with E-state index in [9.17, 15) is 4.79 Å². The highest BCUT2D eigenvalue weighted by Crippen LogP contribution is 2.45. The summed E-state index contributed by atoms with van der Waals surface area (Å²) in [6.45, 7) is 4.59. The predicted molar refractivity (Wildman–Crippen MR) is 118 cm³/mol. The van der Waals surface area contributed by atoms with Gasteiger partial charge in [0.25, 0.3) is 0 Å². The van der Waals surface area contributed by atoms with E-state index in [2.05, 4.69) is 42.0 Å².